The van der Waals surface area contributed by atoms with Crippen LogP contribution in [-0.4, -0.2) is 9.78 Å². The van der Waals surface area contributed by atoms with Gasteiger partial charge in [0.1, 0.15) is 0 Å². The van der Waals surface area contributed by atoms with Crippen LogP contribution in [0.5, 0.6) is 0 Å². The van der Waals surface area contributed by atoms with E-state index in [9.17, 15) is 0 Å². The summed E-state index contributed by atoms with van der Waals surface area (Å²) in [5, 5.41) is 6.81. The average Bonchev–Trinajstić information content (AvgIpc) is 2.80. The maximum atomic E-state index is 6.10. The summed E-state index contributed by atoms with van der Waals surface area (Å²) in [5.74, 6) is 5.60. The van der Waals surface area contributed by atoms with Crippen molar-refractivity contribution in [1.29, 1.82) is 0 Å². The Morgan fingerprint density at radius 1 is 1.69 bits per heavy atom. The molecule has 0 aliphatic carbocycles. The van der Waals surface area contributed by atoms with E-state index in [-0.39, 0.29) is 6.04 Å². The van der Waals surface area contributed by atoms with Crippen molar-refractivity contribution in [2.75, 3.05) is 0 Å². The molecule has 0 saturated heterocycles. The lowest BCUT2D eigenvalue weighted by Gasteiger charge is -2.16. The highest BCUT2D eigenvalue weighted by Gasteiger charge is 2.22. The number of halogens is 2. The van der Waals surface area contributed by atoms with E-state index in [0.29, 0.717) is 5.02 Å². The molecule has 2 rings (SSSR count). The van der Waals surface area contributed by atoms with E-state index in [4.69, 9.17) is 17.4 Å². The SMILES string of the molecule is Cn1ncc(Br)c1C(NN)c1sccc1Cl. The molecule has 1 atom stereocenters. The third-order valence-corrected chi connectivity index (χ3v) is 4.32. The van der Waals surface area contributed by atoms with Crippen molar-refractivity contribution in [3.63, 3.8) is 0 Å². The molecule has 3 N–H and O–H groups in total. The molecule has 2 heterocycles. The minimum Gasteiger partial charge on any atom is -0.270 e. The van der Waals surface area contributed by atoms with Gasteiger partial charge in [-0.2, -0.15) is 5.10 Å². The molecular weight excluding hydrogens is 312 g/mol. The molecule has 4 nitrogen and oxygen atoms in total. The Balaban J connectivity index is 2.49. The number of nitrogens with one attached hydrogen (secondary N) is 1. The van der Waals surface area contributed by atoms with Crippen LogP contribution >= 0.6 is 38.9 Å². The summed E-state index contributed by atoms with van der Waals surface area (Å²) in [5.41, 5.74) is 3.72. The van der Waals surface area contributed by atoms with Crippen molar-refractivity contribution >= 4 is 38.9 Å². The lowest BCUT2D eigenvalue weighted by molar-refractivity contribution is 0.580. The van der Waals surface area contributed by atoms with Crippen LogP contribution in [-0.2, 0) is 7.05 Å². The first-order valence-corrected chi connectivity index (χ1v) is 6.56. The van der Waals surface area contributed by atoms with Crippen molar-refractivity contribution < 1.29 is 0 Å². The van der Waals surface area contributed by atoms with Crippen LogP contribution in [0.3, 0.4) is 0 Å². The minimum absolute atomic E-state index is 0.158. The highest BCUT2D eigenvalue weighted by atomic mass is 79.9. The molecule has 16 heavy (non-hydrogen) atoms. The minimum atomic E-state index is -0.158. The third kappa shape index (κ3) is 2.03. The maximum Gasteiger partial charge on any atom is 0.0996 e. The number of aryl methyl sites for hydroxylation is 1. The number of hydrazine groups is 1. The van der Waals surface area contributed by atoms with Gasteiger partial charge in [0, 0.05) is 11.9 Å². The van der Waals surface area contributed by atoms with Gasteiger partial charge in [-0.05, 0) is 27.4 Å². The van der Waals surface area contributed by atoms with Crippen molar-refractivity contribution in [3.8, 4) is 0 Å². The second-order valence-corrected chi connectivity index (χ2v) is 5.44. The van der Waals surface area contributed by atoms with Gasteiger partial charge in [-0.1, -0.05) is 11.6 Å². The zero-order chi connectivity index (χ0) is 11.7. The molecular formula is C9H10BrClN4S. The van der Waals surface area contributed by atoms with Gasteiger partial charge in [0.05, 0.1) is 27.4 Å². The fraction of sp³-hybridized carbons (Fsp3) is 0.222. The number of nitrogens with zero attached hydrogens (tertiary/aromatic N) is 2. The van der Waals surface area contributed by atoms with Crippen LogP contribution in [0.25, 0.3) is 0 Å². The van der Waals surface area contributed by atoms with E-state index < -0.39 is 0 Å². The Bertz CT molecular complexity index is 476. The third-order valence-electron chi connectivity index (χ3n) is 2.28. The predicted octanol–water partition coefficient (Wildman–Crippen LogP) is 2.45. The van der Waals surface area contributed by atoms with Gasteiger partial charge in [-0.15, -0.1) is 11.3 Å². The Morgan fingerprint density at radius 2 is 2.44 bits per heavy atom. The van der Waals surface area contributed by atoms with Gasteiger partial charge in [0.2, 0.25) is 0 Å². The first-order chi connectivity index (χ1) is 7.65. The Labute approximate surface area is 110 Å². The predicted molar refractivity (Wildman–Crippen MR) is 69.4 cm³/mol. The van der Waals surface area contributed by atoms with Gasteiger partial charge in [-0.3, -0.25) is 10.5 Å². The molecule has 0 radical (unpaired) electrons. The standard InChI is InChI=1S/C9H10BrClN4S/c1-15-8(5(10)4-13-15)7(14-12)9-6(11)2-3-16-9/h2-4,7,14H,12H2,1H3. The van der Waals surface area contributed by atoms with E-state index in [1.807, 2.05) is 18.5 Å². The van der Waals surface area contributed by atoms with Crippen LogP contribution in [0.15, 0.2) is 22.1 Å². The zero-order valence-electron chi connectivity index (χ0n) is 8.45. The number of thiophene rings is 1. The molecule has 0 fully saturated rings. The van der Waals surface area contributed by atoms with Crippen molar-refractivity contribution in [2.24, 2.45) is 12.9 Å². The van der Waals surface area contributed by atoms with Gasteiger partial charge < -0.3 is 0 Å². The molecule has 7 heteroatoms. The van der Waals surface area contributed by atoms with Crippen molar-refractivity contribution in [1.82, 2.24) is 15.2 Å². The first kappa shape index (κ1) is 12.1. The number of aromatic nitrogens is 2. The normalized spacial score (nSPS) is 13.0. The topological polar surface area (TPSA) is 55.9 Å². The molecule has 0 aromatic carbocycles. The number of hydrogen-bond donors (Lipinski definition) is 2. The molecule has 1 unspecified atom stereocenters. The summed E-state index contributed by atoms with van der Waals surface area (Å²) in [7, 11) is 1.87. The van der Waals surface area contributed by atoms with Crippen molar-refractivity contribution in [3.05, 3.63) is 37.7 Å². The summed E-state index contributed by atoms with van der Waals surface area (Å²) >= 11 is 11.1. The molecule has 2 aromatic heterocycles. The van der Waals surface area contributed by atoms with Gasteiger partial charge in [-0.25, -0.2) is 5.43 Å². The van der Waals surface area contributed by atoms with Crippen molar-refractivity contribution in [2.45, 2.75) is 6.04 Å². The summed E-state index contributed by atoms with van der Waals surface area (Å²) in [6.07, 6.45) is 1.74. The lowest BCUT2D eigenvalue weighted by atomic mass is 10.2. The largest absolute Gasteiger partial charge is 0.270 e. The molecule has 0 bridgehead atoms. The van der Waals surface area contributed by atoms with E-state index in [2.05, 4.69) is 26.5 Å². The Hall–Kier alpha value is -0.400. The van der Waals surface area contributed by atoms with Gasteiger partial charge in [0.25, 0.3) is 0 Å². The highest BCUT2D eigenvalue weighted by molar-refractivity contribution is 9.10. The summed E-state index contributed by atoms with van der Waals surface area (Å²) < 4.78 is 2.67. The maximum absolute atomic E-state index is 6.10. The smallest absolute Gasteiger partial charge is 0.0996 e. The fourth-order valence-corrected chi connectivity index (χ4v) is 3.34. The first-order valence-electron chi connectivity index (χ1n) is 4.51. The molecule has 0 aliphatic heterocycles. The van der Waals surface area contributed by atoms with Crippen LogP contribution in [0.2, 0.25) is 5.02 Å². The van der Waals surface area contributed by atoms with Gasteiger partial charge in [0.15, 0.2) is 0 Å². The van der Waals surface area contributed by atoms with E-state index in [1.54, 1.807) is 22.2 Å². The van der Waals surface area contributed by atoms with Crippen LogP contribution in [0.1, 0.15) is 16.6 Å². The highest BCUT2D eigenvalue weighted by Crippen LogP contribution is 2.34. The number of hydrogen-bond acceptors (Lipinski definition) is 4. The van der Waals surface area contributed by atoms with Crippen LogP contribution in [0.4, 0.5) is 0 Å². The Kier molecular flexibility index (Phi) is 3.66. The lowest BCUT2D eigenvalue weighted by Crippen LogP contribution is -2.30. The molecule has 0 amide bonds. The second-order valence-electron chi connectivity index (χ2n) is 3.23. The number of rotatable bonds is 3. The number of nitrogens with two attached hydrogens (primary N) is 1. The summed E-state index contributed by atoms with van der Waals surface area (Å²) in [6, 6.07) is 1.70. The fourth-order valence-electron chi connectivity index (χ4n) is 1.54. The van der Waals surface area contributed by atoms with E-state index in [1.165, 1.54) is 0 Å². The second kappa shape index (κ2) is 4.85. The summed E-state index contributed by atoms with van der Waals surface area (Å²) in [6.45, 7) is 0. The summed E-state index contributed by atoms with van der Waals surface area (Å²) in [4.78, 5) is 0.980. The average molecular weight is 322 g/mol. The molecule has 0 aliphatic rings. The monoisotopic (exact) mass is 320 g/mol. The Morgan fingerprint density at radius 3 is 2.88 bits per heavy atom. The van der Waals surface area contributed by atoms with Crippen LogP contribution in [0, 0.1) is 0 Å². The van der Waals surface area contributed by atoms with E-state index >= 15 is 0 Å². The molecule has 2 aromatic rings. The molecule has 0 saturated carbocycles. The molecule has 86 valence electrons. The van der Waals surface area contributed by atoms with Crippen LogP contribution < -0.4 is 11.3 Å². The molecule has 0 spiro atoms. The quantitative estimate of drug-likeness (QED) is 0.674. The van der Waals surface area contributed by atoms with Gasteiger partial charge >= 0.3 is 0 Å². The zero-order valence-corrected chi connectivity index (χ0v) is 11.6. The van der Waals surface area contributed by atoms with E-state index in [0.717, 1.165) is 15.0 Å².